The van der Waals surface area contributed by atoms with E-state index in [2.05, 4.69) is 60.3 Å². The highest BCUT2D eigenvalue weighted by Crippen LogP contribution is 2.25. The van der Waals surface area contributed by atoms with E-state index in [1.165, 1.54) is 27.7 Å². The van der Waals surface area contributed by atoms with Crippen molar-refractivity contribution in [1.29, 1.82) is 0 Å². The third-order valence-corrected chi connectivity index (χ3v) is 3.44. The average molecular weight is 224 g/mol. The van der Waals surface area contributed by atoms with Crippen molar-refractivity contribution in [2.75, 3.05) is 13.6 Å². The molecule has 1 N–H and O–H groups in total. The number of nitrogens with zero attached hydrogens (tertiary/aromatic N) is 1. The first-order chi connectivity index (χ1) is 8.24. The third kappa shape index (κ3) is 1.76. The first-order valence-corrected chi connectivity index (χ1v) is 5.91. The SMILES string of the molecule is CC1=CC(c2ccc3[nH]ccc3c2)=CCN1C. The molecule has 2 heterocycles. The number of benzene rings is 1. The molecular formula is C15H16N2. The van der Waals surface area contributed by atoms with Gasteiger partial charge in [0.05, 0.1) is 0 Å². The first kappa shape index (κ1) is 10.2. The van der Waals surface area contributed by atoms with E-state index < -0.39 is 0 Å². The summed E-state index contributed by atoms with van der Waals surface area (Å²) in [6, 6.07) is 8.68. The van der Waals surface area contributed by atoms with Gasteiger partial charge in [0.2, 0.25) is 0 Å². The van der Waals surface area contributed by atoms with Crippen molar-refractivity contribution in [2.24, 2.45) is 0 Å². The fraction of sp³-hybridized carbons (Fsp3) is 0.200. The van der Waals surface area contributed by atoms with Crippen LogP contribution < -0.4 is 0 Å². The highest BCUT2D eigenvalue weighted by atomic mass is 15.1. The van der Waals surface area contributed by atoms with Gasteiger partial charge in [0.15, 0.2) is 0 Å². The number of aromatic amines is 1. The van der Waals surface area contributed by atoms with Gasteiger partial charge in [-0.05, 0) is 47.7 Å². The van der Waals surface area contributed by atoms with Crippen LogP contribution in [0.1, 0.15) is 12.5 Å². The predicted octanol–water partition coefficient (Wildman–Crippen LogP) is 3.40. The van der Waals surface area contributed by atoms with Gasteiger partial charge in [-0.25, -0.2) is 0 Å². The maximum absolute atomic E-state index is 3.22. The molecule has 0 atom stereocenters. The Morgan fingerprint density at radius 2 is 2.12 bits per heavy atom. The normalized spacial score (nSPS) is 16.0. The van der Waals surface area contributed by atoms with Gasteiger partial charge in [-0.1, -0.05) is 12.1 Å². The lowest BCUT2D eigenvalue weighted by molar-refractivity contribution is 0.462. The standard InChI is InChI=1S/C15H16N2/c1-11-9-13(6-8-17(11)2)12-3-4-15-14(10-12)5-7-16-15/h3-7,9-10,16H,8H2,1-2H3. The minimum Gasteiger partial charge on any atom is -0.374 e. The molecule has 1 aromatic heterocycles. The molecule has 1 aromatic carbocycles. The van der Waals surface area contributed by atoms with Gasteiger partial charge in [0, 0.05) is 31.0 Å². The highest BCUT2D eigenvalue weighted by molar-refractivity contribution is 5.86. The van der Waals surface area contributed by atoms with Gasteiger partial charge in [-0.15, -0.1) is 0 Å². The molecule has 0 saturated carbocycles. The largest absolute Gasteiger partial charge is 0.374 e. The predicted molar refractivity (Wildman–Crippen MR) is 72.7 cm³/mol. The minimum atomic E-state index is 0.989. The van der Waals surface area contributed by atoms with E-state index >= 15 is 0 Å². The lowest BCUT2D eigenvalue weighted by Gasteiger charge is -2.23. The van der Waals surface area contributed by atoms with Crippen LogP contribution in [0.15, 0.2) is 48.3 Å². The fourth-order valence-corrected chi connectivity index (χ4v) is 2.21. The molecule has 0 fully saturated rings. The van der Waals surface area contributed by atoms with Crippen LogP contribution in [0.5, 0.6) is 0 Å². The van der Waals surface area contributed by atoms with E-state index in [1.54, 1.807) is 0 Å². The van der Waals surface area contributed by atoms with Crippen LogP contribution in [0.3, 0.4) is 0 Å². The van der Waals surface area contributed by atoms with Crippen LogP contribution in [0.25, 0.3) is 16.5 Å². The molecule has 3 rings (SSSR count). The molecule has 86 valence electrons. The van der Waals surface area contributed by atoms with Crippen molar-refractivity contribution in [3.8, 4) is 0 Å². The van der Waals surface area contributed by atoms with Gasteiger partial charge in [-0.3, -0.25) is 0 Å². The zero-order valence-electron chi connectivity index (χ0n) is 10.2. The molecule has 1 aliphatic rings. The molecule has 2 heteroatoms. The summed E-state index contributed by atoms with van der Waals surface area (Å²) in [5, 5.41) is 1.27. The van der Waals surface area contributed by atoms with Crippen LogP contribution in [-0.2, 0) is 0 Å². The monoisotopic (exact) mass is 224 g/mol. The second-order valence-corrected chi connectivity index (χ2v) is 4.61. The van der Waals surface area contributed by atoms with E-state index in [4.69, 9.17) is 0 Å². The summed E-state index contributed by atoms with van der Waals surface area (Å²) >= 11 is 0. The number of rotatable bonds is 1. The van der Waals surface area contributed by atoms with Gasteiger partial charge < -0.3 is 9.88 Å². The smallest absolute Gasteiger partial charge is 0.0454 e. The molecule has 0 amide bonds. The van der Waals surface area contributed by atoms with Crippen LogP contribution in [0.2, 0.25) is 0 Å². The molecule has 0 bridgehead atoms. The van der Waals surface area contributed by atoms with Crippen molar-refractivity contribution in [2.45, 2.75) is 6.92 Å². The second kappa shape index (κ2) is 3.81. The maximum atomic E-state index is 3.22. The number of fused-ring (bicyclic) bond motifs is 1. The Morgan fingerprint density at radius 1 is 1.24 bits per heavy atom. The molecule has 2 nitrogen and oxygen atoms in total. The number of hydrogen-bond acceptors (Lipinski definition) is 1. The van der Waals surface area contributed by atoms with Crippen molar-refractivity contribution < 1.29 is 0 Å². The Balaban J connectivity index is 2.04. The summed E-state index contributed by atoms with van der Waals surface area (Å²) in [4.78, 5) is 5.47. The van der Waals surface area contributed by atoms with Gasteiger partial charge in [-0.2, -0.15) is 0 Å². The van der Waals surface area contributed by atoms with E-state index in [-0.39, 0.29) is 0 Å². The summed E-state index contributed by atoms with van der Waals surface area (Å²) in [5.74, 6) is 0. The Hall–Kier alpha value is -1.96. The van der Waals surface area contributed by atoms with E-state index in [9.17, 15) is 0 Å². The number of nitrogens with one attached hydrogen (secondary N) is 1. The van der Waals surface area contributed by atoms with Crippen molar-refractivity contribution in [1.82, 2.24) is 9.88 Å². The van der Waals surface area contributed by atoms with E-state index in [1.807, 2.05) is 6.20 Å². The Morgan fingerprint density at radius 3 is 2.94 bits per heavy atom. The number of likely N-dealkylation sites (N-methyl/N-ethyl adjacent to an activating group) is 1. The Labute approximate surface area is 101 Å². The summed E-state index contributed by atoms with van der Waals surface area (Å²) in [7, 11) is 2.12. The molecule has 0 spiro atoms. The summed E-state index contributed by atoms with van der Waals surface area (Å²) in [6.45, 7) is 3.14. The molecule has 1 aliphatic heterocycles. The van der Waals surface area contributed by atoms with E-state index in [0.29, 0.717) is 0 Å². The van der Waals surface area contributed by atoms with Crippen LogP contribution in [0.4, 0.5) is 0 Å². The number of H-pyrrole nitrogens is 1. The van der Waals surface area contributed by atoms with Crippen LogP contribution in [-0.4, -0.2) is 23.5 Å². The lowest BCUT2D eigenvalue weighted by Crippen LogP contribution is -2.18. The summed E-state index contributed by atoms with van der Waals surface area (Å²) in [5.41, 5.74) is 5.13. The molecule has 0 aliphatic carbocycles. The summed E-state index contributed by atoms with van der Waals surface area (Å²) < 4.78 is 0. The minimum absolute atomic E-state index is 0.989. The molecule has 0 saturated heterocycles. The molecular weight excluding hydrogens is 208 g/mol. The number of aromatic nitrogens is 1. The average Bonchev–Trinajstić information content (AvgIpc) is 2.79. The molecule has 17 heavy (non-hydrogen) atoms. The quantitative estimate of drug-likeness (QED) is 0.786. The first-order valence-electron chi connectivity index (χ1n) is 5.91. The third-order valence-electron chi connectivity index (χ3n) is 3.44. The topological polar surface area (TPSA) is 19.0 Å². The second-order valence-electron chi connectivity index (χ2n) is 4.61. The van der Waals surface area contributed by atoms with Crippen LogP contribution in [0, 0.1) is 0 Å². The molecule has 2 aromatic rings. The van der Waals surface area contributed by atoms with Crippen molar-refractivity contribution in [3.05, 3.63) is 53.9 Å². The highest BCUT2D eigenvalue weighted by Gasteiger charge is 2.08. The van der Waals surface area contributed by atoms with Crippen molar-refractivity contribution >= 4 is 16.5 Å². The van der Waals surface area contributed by atoms with Gasteiger partial charge >= 0.3 is 0 Å². The Kier molecular flexibility index (Phi) is 2.29. The maximum Gasteiger partial charge on any atom is 0.0454 e. The van der Waals surface area contributed by atoms with Crippen LogP contribution >= 0.6 is 0 Å². The summed E-state index contributed by atoms with van der Waals surface area (Å²) in [6.07, 6.45) is 6.51. The van der Waals surface area contributed by atoms with Gasteiger partial charge in [0.1, 0.15) is 0 Å². The Bertz CT molecular complexity index is 617. The van der Waals surface area contributed by atoms with Crippen molar-refractivity contribution in [3.63, 3.8) is 0 Å². The van der Waals surface area contributed by atoms with Gasteiger partial charge in [0.25, 0.3) is 0 Å². The lowest BCUT2D eigenvalue weighted by atomic mass is 10.0. The fourth-order valence-electron chi connectivity index (χ4n) is 2.21. The zero-order chi connectivity index (χ0) is 11.8. The number of allylic oxidation sites excluding steroid dienone is 3. The van der Waals surface area contributed by atoms with E-state index in [0.717, 1.165) is 6.54 Å². The zero-order valence-corrected chi connectivity index (χ0v) is 10.2. The number of hydrogen-bond donors (Lipinski definition) is 1. The molecule has 0 unspecified atom stereocenters. The molecule has 0 radical (unpaired) electrons.